The molecule has 2 bridgehead atoms. The molecule has 0 aromatic heterocycles. The lowest BCUT2D eigenvalue weighted by atomic mass is 9.90. The molecule has 2 aromatic carbocycles. The first-order chi connectivity index (χ1) is 14.7. The first kappa shape index (κ1) is 20.0. The summed E-state index contributed by atoms with van der Waals surface area (Å²) in [6.45, 7) is 1.62. The van der Waals surface area contributed by atoms with E-state index in [2.05, 4.69) is 12.1 Å². The number of carbonyl (C=O) groups is 1. The molecule has 2 aliphatic heterocycles. The number of fused-ring (bicyclic) bond motifs is 2. The number of hydrogen-bond donors (Lipinski definition) is 0. The summed E-state index contributed by atoms with van der Waals surface area (Å²) in [6.07, 6.45) is 2.89. The minimum Gasteiger partial charge on any atom is -0.493 e. The predicted molar refractivity (Wildman–Crippen MR) is 112 cm³/mol. The van der Waals surface area contributed by atoms with E-state index >= 15 is 0 Å². The Morgan fingerprint density at radius 2 is 1.93 bits per heavy atom. The van der Waals surface area contributed by atoms with Gasteiger partial charge in [0.2, 0.25) is 0 Å². The van der Waals surface area contributed by atoms with Gasteiger partial charge >= 0.3 is 6.09 Å². The topological polar surface area (TPSA) is 71.8 Å². The Labute approximate surface area is 176 Å². The maximum Gasteiger partial charge on any atom is 0.411 e. The number of morpholine rings is 1. The summed E-state index contributed by atoms with van der Waals surface area (Å²) in [5, 5.41) is 8.60. The van der Waals surface area contributed by atoms with Gasteiger partial charge < -0.3 is 14.2 Å². The maximum atomic E-state index is 12.8. The second-order valence-electron chi connectivity index (χ2n) is 7.38. The van der Waals surface area contributed by atoms with E-state index in [4.69, 9.17) is 19.5 Å². The van der Waals surface area contributed by atoms with Gasteiger partial charge in [-0.05, 0) is 35.3 Å². The SMILES string of the molecule is N#CCCOc1ccc(C2=CC3COCC(C2)N3C(=O)OCc2ccccc2)cc1. The highest BCUT2D eigenvalue weighted by Gasteiger charge is 2.39. The molecule has 0 radical (unpaired) electrons. The number of amides is 1. The van der Waals surface area contributed by atoms with E-state index in [1.165, 1.54) is 5.57 Å². The van der Waals surface area contributed by atoms with Crippen molar-refractivity contribution >= 4 is 11.7 Å². The van der Waals surface area contributed by atoms with Crippen molar-refractivity contribution in [3.63, 3.8) is 0 Å². The smallest absolute Gasteiger partial charge is 0.411 e. The molecule has 2 heterocycles. The summed E-state index contributed by atoms with van der Waals surface area (Å²) in [5.74, 6) is 0.750. The highest BCUT2D eigenvalue weighted by Crippen LogP contribution is 2.33. The summed E-state index contributed by atoms with van der Waals surface area (Å²) >= 11 is 0. The van der Waals surface area contributed by atoms with E-state index in [1.807, 2.05) is 59.5 Å². The fourth-order valence-electron chi connectivity index (χ4n) is 3.87. The summed E-state index contributed by atoms with van der Waals surface area (Å²) in [5.41, 5.74) is 3.28. The minimum atomic E-state index is -0.298. The second-order valence-corrected chi connectivity index (χ2v) is 7.38. The van der Waals surface area contributed by atoms with Crippen LogP contribution in [0.1, 0.15) is 24.0 Å². The van der Waals surface area contributed by atoms with E-state index in [-0.39, 0.29) is 24.8 Å². The van der Waals surface area contributed by atoms with Crippen LogP contribution in [-0.4, -0.2) is 42.9 Å². The second kappa shape index (κ2) is 9.47. The van der Waals surface area contributed by atoms with Gasteiger partial charge in [0, 0.05) is 0 Å². The molecule has 0 aliphatic carbocycles. The number of nitrogens with zero attached hydrogens (tertiary/aromatic N) is 2. The van der Waals surface area contributed by atoms with E-state index in [1.54, 1.807) is 0 Å². The Balaban J connectivity index is 1.42. The Morgan fingerprint density at radius 3 is 2.67 bits per heavy atom. The van der Waals surface area contributed by atoms with Crippen LogP contribution in [0.4, 0.5) is 4.79 Å². The first-order valence-electron chi connectivity index (χ1n) is 10.1. The first-order valence-corrected chi connectivity index (χ1v) is 10.1. The van der Waals surface area contributed by atoms with Crippen LogP contribution in [0.15, 0.2) is 60.7 Å². The van der Waals surface area contributed by atoms with Crippen LogP contribution in [0.3, 0.4) is 0 Å². The summed E-state index contributed by atoms with van der Waals surface area (Å²) in [6, 6.07) is 19.5. The van der Waals surface area contributed by atoms with Gasteiger partial charge in [-0.3, -0.25) is 4.90 Å². The van der Waals surface area contributed by atoms with Crippen molar-refractivity contribution in [2.45, 2.75) is 31.5 Å². The molecular formula is C24H24N2O4. The Hall–Kier alpha value is -3.30. The fraction of sp³-hybridized carbons (Fsp3) is 0.333. The number of hydrogen-bond acceptors (Lipinski definition) is 5. The number of benzene rings is 2. The third kappa shape index (κ3) is 4.64. The van der Waals surface area contributed by atoms with Crippen molar-refractivity contribution in [1.82, 2.24) is 4.90 Å². The van der Waals surface area contributed by atoms with Gasteiger partial charge in [0.1, 0.15) is 19.0 Å². The molecule has 2 unspecified atom stereocenters. The number of rotatable bonds is 6. The fourth-order valence-corrected chi connectivity index (χ4v) is 3.87. The van der Waals surface area contributed by atoms with Gasteiger partial charge in [0.15, 0.2) is 0 Å². The molecule has 0 saturated carbocycles. The monoisotopic (exact) mass is 404 g/mol. The van der Waals surface area contributed by atoms with Crippen molar-refractivity contribution in [1.29, 1.82) is 5.26 Å². The molecule has 0 spiro atoms. The van der Waals surface area contributed by atoms with Crippen LogP contribution >= 0.6 is 0 Å². The zero-order chi connectivity index (χ0) is 20.8. The normalized spacial score (nSPS) is 20.1. The largest absolute Gasteiger partial charge is 0.493 e. The van der Waals surface area contributed by atoms with Crippen LogP contribution in [0.2, 0.25) is 0 Å². The van der Waals surface area contributed by atoms with E-state index < -0.39 is 0 Å². The van der Waals surface area contributed by atoms with E-state index in [0.717, 1.165) is 16.9 Å². The lowest BCUT2D eigenvalue weighted by molar-refractivity contribution is -0.0342. The van der Waals surface area contributed by atoms with Crippen LogP contribution in [0.25, 0.3) is 5.57 Å². The number of carbonyl (C=O) groups excluding carboxylic acids is 1. The lowest BCUT2D eigenvalue weighted by Crippen LogP contribution is -2.56. The number of nitriles is 1. The summed E-state index contributed by atoms with van der Waals surface area (Å²) in [7, 11) is 0. The molecule has 6 heteroatoms. The van der Waals surface area contributed by atoms with Gasteiger partial charge in [0.05, 0.1) is 37.8 Å². The predicted octanol–water partition coefficient (Wildman–Crippen LogP) is 4.17. The molecule has 1 fully saturated rings. The molecule has 30 heavy (non-hydrogen) atoms. The third-order valence-electron chi connectivity index (χ3n) is 5.32. The Bertz CT molecular complexity index is 934. The zero-order valence-corrected chi connectivity index (χ0v) is 16.7. The molecule has 154 valence electrons. The zero-order valence-electron chi connectivity index (χ0n) is 16.7. The maximum absolute atomic E-state index is 12.8. The van der Waals surface area contributed by atoms with E-state index in [0.29, 0.717) is 32.7 Å². The molecular weight excluding hydrogens is 380 g/mol. The average molecular weight is 404 g/mol. The van der Waals surface area contributed by atoms with Gasteiger partial charge in [-0.15, -0.1) is 0 Å². The lowest BCUT2D eigenvalue weighted by Gasteiger charge is -2.43. The van der Waals surface area contributed by atoms with Gasteiger partial charge in [-0.1, -0.05) is 48.5 Å². The van der Waals surface area contributed by atoms with Crippen molar-refractivity contribution in [2.75, 3.05) is 19.8 Å². The molecule has 6 nitrogen and oxygen atoms in total. The number of ether oxygens (including phenoxy) is 3. The average Bonchev–Trinajstić information content (AvgIpc) is 2.78. The molecule has 1 amide bonds. The third-order valence-corrected chi connectivity index (χ3v) is 5.32. The van der Waals surface area contributed by atoms with Crippen LogP contribution in [0.5, 0.6) is 5.75 Å². The summed E-state index contributed by atoms with van der Waals surface area (Å²) in [4.78, 5) is 14.6. The van der Waals surface area contributed by atoms with Gasteiger partial charge in [-0.25, -0.2) is 4.79 Å². The molecule has 2 aromatic rings. The van der Waals surface area contributed by atoms with Crippen LogP contribution < -0.4 is 4.74 Å². The van der Waals surface area contributed by atoms with Gasteiger partial charge in [-0.2, -0.15) is 5.26 Å². The Morgan fingerprint density at radius 1 is 1.13 bits per heavy atom. The quantitative estimate of drug-likeness (QED) is 0.676. The standard InChI is InChI=1S/C24H24N2O4/c25-11-4-12-29-23-9-7-19(8-10-23)20-13-21-16-28-17-22(14-20)26(21)24(27)30-15-18-5-2-1-3-6-18/h1-3,5-10,13,21-22H,4,12,14-17H2. The Kier molecular flexibility index (Phi) is 6.31. The molecule has 2 aliphatic rings. The highest BCUT2D eigenvalue weighted by molar-refractivity contribution is 5.74. The summed E-state index contributed by atoms with van der Waals surface area (Å²) < 4.78 is 16.8. The van der Waals surface area contributed by atoms with Crippen molar-refractivity contribution in [3.05, 3.63) is 71.8 Å². The molecule has 0 N–H and O–H groups in total. The van der Waals surface area contributed by atoms with Crippen molar-refractivity contribution < 1.29 is 19.0 Å². The molecule has 4 rings (SSSR count). The molecule has 2 atom stereocenters. The highest BCUT2D eigenvalue weighted by atomic mass is 16.6. The van der Waals surface area contributed by atoms with Gasteiger partial charge in [0.25, 0.3) is 0 Å². The van der Waals surface area contributed by atoms with Crippen molar-refractivity contribution in [3.8, 4) is 11.8 Å². The van der Waals surface area contributed by atoms with Crippen LogP contribution in [0, 0.1) is 11.3 Å². The van der Waals surface area contributed by atoms with Crippen LogP contribution in [-0.2, 0) is 16.1 Å². The molecule has 1 saturated heterocycles. The van der Waals surface area contributed by atoms with E-state index in [9.17, 15) is 4.79 Å². The minimum absolute atomic E-state index is 0.0430. The van der Waals surface area contributed by atoms with Crippen molar-refractivity contribution in [2.24, 2.45) is 0 Å².